The van der Waals surface area contributed by atoms with Crippen molar-refractivity contribution in [3.05, 3.63) is 76.6 Å². The number of carbonyl (C=O) groups excluding carboxylic acids is 1. The van der Waals surface area contributed by atoms with Gasteiger partial charge in [0, 0.05) is 23.5 Å². The maximum Gasteiger partial charge on any atom is 0.573 e. The molecule has 0 aliphatic carbocycles. The molecule has 0 saturated heterocycles. The van der Waals surface area contributed by atoms with E-state index in [0.29, 0.717) is 34.5 Å². The summed E-state index contributed by atoms with van der Waals surface area (Å²) < 4.78 is 71.2. The summed E-state index contributed by atoms with van der Waals surface area (Å²) in [6.07, 6.45) is -2.83. The first-order valence-electron chi connectivity index (χ1n) is 10.3. The Morgan fingerprint density at radius 1 is 1.09 bits per heavy atom. The van der Waals surface area contributed by atoms with Crippen LogP contribution >= 0.6 is 0 Å². The lowest BCUT2D eigenvalue weighted by molar-refractivity contribution is -0.274. The van der Waals surface area contributed by atoms with Gasteiger partial charge in [-0.3, -0.25) is 4.79 Å². The first-order chi connectivity index (χ1) is 15.5. The molecule has 0 aliphatic rings. The second-order valence-corrected chi connectivity index (χ2v) is 7.66. The topological polar surface area (TPSA) is 57.2 Å². The number of primary amides is 1. The molecule has 1 amide bonds. The van der Waals surface area contributed by atoms with Gasteiger partial charge in [0.2, 0.25) is 0 Å². The summed E-state index contributed by atoms with van der Waals surface area (Å²) in [6.45, 7) is 3.76. The third kappa shape index (κ3) is 5.53. The van der Waals surface area contributed by atoms with E-state index in [1.165, 1.54) is 18.2 Å². The highest BCUT2D eigenvalue weighted by atomic mass is 19.4. The average molecular weight is 466 g/mol. The second-order valence-electron chi connectivity index (χ2n) is 7.66. The summed E-state index contributed by atoms with van der Waals surface area (Å²) in [5.74, 6) is -3.15. The van der Waals surface area contributed by atoms with Gasteiger partial charge in [0.25, 0.3) is 5.91 Å². The normalized spacial score (nSPS) is 11.6. The molecule has 0 aliphatic heterocycles. The Morgan fingerprint density at radius 2 is 1.82 bits per heavy atom. The second kappa shape index (κ2) is 9.64. The molecule has 4 nitrogen and oxygen atoms in total. The number of nitrogens with two attached hydrogens (primary N) is 1. The van der Waals surface area contributed by atoms with Gasteiger partial charge < -0.3 is 15.0 Å². The molecule has 0 radical (unpaired) electrons. The van der Waals surface area contributed by atoms with Crippen molar-refractivity contribution in [2.24, 2.45) is 5.73 Å². The van der Waals surface area contributed by atoms with E-state index >= 15 is 0 Å². The van der Waals surface area contributed by atoms with Crippen LogP contribution in [0.5, 0.6) is 5.75 Å². The Bertz CT molecular complexity index is 1170. The van der Waals surface area contributed by atoms with Gasteiger partial charge in [-0.05, 0) is 55.2 Å². The molecule has 33 heavy (non-hydrogen) atoms. The van der Waals surface area contributed by atoms with Gasteiger partial charge in [-0.1, -0.05) is 31.5 Å². The van der Waals surface area contributed by atoms with Crippen LogP contribution in [-0.2, 0) is 13.0 Å². The third-order valence-corrected chi connectivity index (χ3v) is 5.33. The van der Waals surface area contributed by atoms with Gasteiger partial charge in [-0.25, -0.2) is 8.78 Å². The summed E-state index contributed by atoms with van der Waals surface area (Å²) in [6, 6.07) is 8.85. The molecule has 2 aromatic carbocycles. The predicted octanol–water partition coefficient (Wildman–Crippen LogP) is 6.13. The van der Waals surface area contributed by atoms with Crippen molar-refractivity contribution in [3.63, 3.8) is 0 Å². The maximum atomic E-state index is 13.8. The number of halogens is 5. The molecule has 2 N–H and O–H groups in total. The molecule has 0 bridgehead atoms. The largest absolute Gasteiger partial charge is 0.573 e. The number of amides is 1. The number of ether oxygens (including phenoxy) is 1. The van der Waals surface area contributed by atoms with Crippen LogP contribution in [-0.4, -0.2) is 16.8 Å². The predicted molar refractivity (Wildman–Crippen MR) is 114 cm³/mol. The van der Waals surface area contributed by atoms with Crippen LogP contribution in [0, 0.1) is 18.6 Å². The fourth-order valence-electron chi connectivity index (χ4n) is 3.90. The summed E-state index contributed by atoms with van der Waals surface area (Å²) in [5.41, 5.74) is 8.18. The zero-order chi connectivity index (χ0) is 24.3. The van der Waals surface area contributed by atoms with Crippen molar-refractivity contribution in [1.82, 2.24) is 4.57 Å². The lowest BCUT2D eigenvalue weighted by atomic mass is 9.97. The Hall–Kier alpha value is -3.36. The van der Waals surface area contributed by atoms with Crippen molar-refractivity contribution in [2.75, 3.05) is 0 Å². The highest BCUT2D eigenvalue weighted by Gasteiger charge is 2.31. The summed E-state index contributed by atoms with van der Waals surface area (Å²) >= 11 is 0. The smallest absolute Gasteiger partial charge is 0.406 e. The van der Waals surface area contributed by atoms with Gasteiger partial charge in [-0.15, -0.1) is 13.2 Å². The highest BCUT2D eigenvalue weighted by Crippen LogP contribution is 2.36. The molecule has 9 heteroatoms. The summed E-state index contributed by atoms with van der Waals surface area (Å²) in [7, 11) is 0. The van der Waals surface area contributed by atoms with Crippen LogP contribution in [0.3, 0.4) is 0 Å². The fraction of sp³-hybridized carbons (Fsp3) is 0.292. The highest BCUT2D eigenvalue weighted by molar-refractivity contribution is 6.02. The molecule has 176 valence electrons. The number of hydrogen-bond acceptors (Lipinski definition) is 2. The van der Waals surface area contributed by atoms with E-state index in [9.17, 15) is 26.7 Å². The van der Waals surface area contributed by atoms with Crippen LogP contribution in [0.4, 0.5) is 22.0 Å². The first-order valence-corrected chi connectivity index (χ1v) is 10.3. The Balaban J connectivity index is 2.20. The lowest BCUT2D eigenvalue weighted by Crippen LogP contribution is -2.17. The maximum absolute atomic E-state index is 13.8. The molecule has 0 spiro atoms. The standard InChI is InChI=1S/C24H23F5N2O2/c1-3-4-8-20-22(16-6-5-7-17(12-16)33-24(27,28)29)21(23(30)32)14(2)31(20)13-15-9-10-18(25)19(26)11-15/h5-7,9-12H,3-4,8,13H2,1-2H3,(H2,30,32). The number of rotatable bonds is 8. The van der Waals surface area contributed by atoms with Crippen molar-refractivity contribution < 1.29 is 31.5 Å². The van der Waals surface area contributed by atoms with Gasteiger partial charge in [0.15, 0.2) is 11.6 Å². The number of unbranched alkanes of at least 4 members (excludes halogenated alkanes) is 1. The number of aromatic nitrogens is 1. The summed E-state index contributed by atoms with van der Waals surface area (Å²) in [5, 5.41) is 0. The van der Waals surface area contributed by atoms with Crippen molar-refractivity contribution in [3.8, 4) is 16.9 Å². The van der Waals surface area contributed by atoms with Crippen LogP contribution < -0.4 is 10.5 Å². The van der Waals surface area contributed by atoms with E-state index in [4.69, 9.17) is 5.73 Å². The zero-order valence-electron chi connectivity index (χ0n) is 18.1. The Kier molecular flexibility index (Phi) is 7.09. The minimum atomic E-state index is -4.87. The molecular formula is C24H23F5N2O2. The number of benzene rings is 2. The number of alkyl halides is 3. The number of carbonyl (C=O) groups is 1. The van der Waals surface area contributed by atoms with Crippen molar-refractivity contribution >= 4 is 5.91 Å². The molecule has 0 atom stereocenters. The quantitative estimate of drug-likeness (QED) is 0.406. The molecule has 0 saturated carbocycles. The van der Waals surface area contributed by atoms with E-state index in [2.05, 4.69) is 4.74 Å². The summed E-state index contributed by atoms with van der Waals surface area (Å²) in [4.78, 5) is 12.4. The molecule has 1 aromatic heterocycles. The van der Waals surface area contributed by atoms with E-state index in [1.807, 2.05) is 6.92 Å². The zero-order valence-corrected chi connectivity index (χ0v) is 18.1. The van der Waals surface area contributed by atoms with Crippen molar-refractivity contribution in [1.29, 1.82) is 0 Å². The van der Waals surface area contributed by atoms with Gasteiger partial charge in [-0.2, -0.15) is 0 Å². The van der Waals surface area contributed by atoms with Crippen LogP contribution in [0.25, 0.3) is 11.1 Å². The average Bonchev–Trinajstić information content (AvgIpc) is 3.00. The van der Waals surface area contributed by atoms with Crippen LogP contribution in [0.2, 0.25) is 0 Å². The van der Waals surface area contributed by atoms with Crippen LogP contribution in [0.15, 0.2) is 42.5 Å². The molecular weight excluding hydrogens is 443 g/mol. The minimum absolute atomic E-state index is 0.126. The number of nitrogens with zero attached hydrogens (tertiary/aromatic N) is 1. The molecule has 0 unspecified atom stereocenters. The van der Waals surface area contributed by atoms with Gasteiger partial charge in [0.05, 0.1) is 5.56 Å². The van der Waals surface area contributed by atoms with E-state index in [-0.39, 0.29) is 12.1 Å². The Labute approximate surface area is 187 Å². The van der Waals surface area contributed by atoms with E-state index < -0.39 is 29.7 Å². The molecule has 3 aromatic rings. The third-order valence-electron chi connectivity index (χ3n) is 5.33. The van der Waals surface area contributed by atoms with Gasteiger partial charge in [0.1, 0.15) is 5.75 Å². The van der Waals surface area contributed by atoms with E-state index in [1.54, 1.807) is 17.6 Å². The van der Waals surface area contributed by atoms with Crippen LogP contribution in [0.1, 0.15) is 47.1 Å². The fourth-order valence-corrected chi connectivity index (χ4v) is 3.90. The lowest BCUT2D eigenvalue weighted by Gasteiger charge is -2.14. The molecule has 1 heterocycles. The van der Waals surface area contributed by atoms with Crippen molar-refractivity contribution in [2.45, 2.75) is 46.0 Å². The van der Waals surface area contributed by atoms with Gasteiger partial charge >= 0.3 is 6.36 Å². The number of hydrogen-bond donors (Lipinski definition) is 1. The molecule has 3 rings (SSSR count). The monoisotopic (exact) mass is 466 g/mol. The first kappa shape index (κ1) is 24.3. The minimum Gasteiger partial charge on any atom is -0.406 e. The Morgan fingerprint density at radius 3 is 2.42 bits per heavy atom. The molecule has 0 fully saturated rings. The van der Waals surface area contributed by atoms with E-state index in [0.717, 1.165) is 31.0 Å². The SMILES string of the molecule is CCCCc1c(-c2cccc(OC(F)(F)F)c2)c(C(N)=O)c(C)n1Cc1ccc(F)c(F)c1.